The fourth-order valence-electron chi connectivity index (χ4n) is 2.98. The highest BCUT2D eigenvalue weighted by atomic mass is 19.1. The van der Waals surface area contributed by atoms with Gasteiger partial charge in [-0.3, -0.25) is 0 Å². The van der Waals surface area contributed by atoms with Crippen LogP contribution in [-0.2, 0) is 16.1 Å². The van der Waals surface area contributed by atoms with Crippen LogP contribution in [0.5, 0.6) is 0 Å². The molecule has 154 valence electrons. The van der Waals surface area contributed by atoms with Gasteiger partial charge in [0.2, 0.25) is 0 Å². The SMILES string of the molecule is [B]C([B])([B])OC1CN(c2ncc(-c3cccc(COC(=O)N=C(N)N)c3F)cc2F)C1. The topological polar surface area (TPSA) is 116 Å². The highest BCUT2D eigenvalue weighted by molar-refractivity contribution is 6.58. The normalized spacial score (nSPS) is 14.1. The number of nitrogens with zero attached hydrogens (tertiary/aromatic N) is 3. The summed E-state index contributed by atoms with van der Waals surface area (Å²) < 4.78 is 39.5. The Balaban J connectivity index is 1.72. The lowest BCUT2D eigenvalue weighted by atomic mass is 9.52. The average molecular weight is 421 g/mol. The van der Waals surface area contributed by atoms with Crippen molar-refractivity contribution in [2.75, 3.05) is 18.0 Å². The molecule has 1 amide bonds. The molecule has 4 N–H and O–H groups in total. The summed E-state index contributed by atoms with van der Waals surface area (Å²) in [5.41, 5.74) is 10.5. The Kier molecular flexibility index (Phi) is 6.54. The number of hydrogen-bond donors (Lipinski definition) is 2. The second-order valence-electron chi connectivity index (χ2n) is 6.90. The quantitative estimate of drug-likeness (QED) is 0.391. The molecule has 0 atom stereocenters. The Labute approximate surface area is 181 Å². The summed E-state index contributed by atoms with van der Waals surface area (Å²) in [6.07, 6.45) is -0.0919. The first-order valence-electron chi connectivity index (χ1n) is 9.02. The van der Waals surface area contributed by atoms with Crippen LogP contribution in [0.1, 0.15) is 5.56 Å². The molecule has 0 unspecified atom stereocenters. The number of benzene rings is 1. The fourth-order valence-corrected chi connectivity index (χ4v) is 2.98. The molecular formula is C18H16B3F2N5O3. The number of halogens is 2. The Bertz CT molecular complexity index is 1010. The maximum atomic E-state index is 14.9. The van der Waals surface area contributed by atoms with Crippen LogP contribution < -0.4 is 16.4 Å². The van der Waals surface area contributed by atoms with Crippen molar-refractivity contribution in [2.45, 2.75) is 18.0 Å². The zero-order chi connectivity index (χ0) is 22.8. The Morgan fingerprint density at radius 3 is 2.61 bits per heavy atom. The molecular weight excluding hydrogens is 405 g/mol. The van der Waals surface area contributed by atoms with E-state index in [-0.39, 0.29) is 28.6 Å². The lowest BCUT2D eigenvalue weighted by Gasteiger charge is -2.43. The third-order valence-electron chi connectivity index (χ3n) is 4.30. The minimum absolute atomic E-state index is 0.0534. The number of aromatic nitrogens is 1. The number of nitrogens with two attached hydrogens (primary N) is 2. The number of pyridine rings is 1. The van der Waals surface area contributed by atoms with E-state index in [1.165, 1.54) is 24.4 Å². The van der Waals surface area contributed by atoms with Crippen molar-refractivity contribution in [3.05, 3.63) is 47.7 Å². The molecule has 3 rings (SSSR count). The molecule has 13 heteroatoms. The molecule has 2 heterocycles. The number of carbonyl (C=O) groups is 1. The summed E-state index contributed by atoms with van der Waals surface area (Å²) in [6, 6.07) is 5.54. The summed E-state index contributed by atoms with van der Waals surface area (Å²) in [7, 11) is 16.1. The zero-order valence-electron chi connectivity index (χ0n) is 16.3. The highest BCUT2D eigenvalue weighted by Crippen LogP contribution is 2.30. The number of guanidine groups is 1. The largest absolute Gasteiger partial charge is 0.443 e. The van der Waals surface area contributed by atoms with Gasteiger partial charge in [-0.15, -0.1) is 4.99 Å². The number of ether oxygens (including phenoxy) is 2. The van der Waals surface area contributed by atoms with Gasteiger partial charge in [0.25, 0.3) is 0 Å². The van der Waals surface area contributed by atoms with Crippen LogP contribution in [0.15, 0.2) is 35.5 Å². The van der Waals surface area contributed by atoms with Crippen molar-refractivity contribution in [1.82, 2.24) is 4.98 Å². The Morgan fingerprint density at radius 2 is 2.00 bits per heavy atom. The average Bonchev–Trinajstić information content (AvgIpc) is 2.62. The van der Waals surface area contributed by atoms with E-state index in [0.29, 0.717) is 13.1 Å². The number of aliphatic imine (C=N–C) groups is 1. The highest BCUT2D eigenvalue weighted by Gasteiger charge is 2.32. The van der Waals surface area contributed by atoms with Gasteiger partial charge in [-0.1, -0.05) is 18.2 Å². The molecule has 1 aromatic heterocycles. The molecule has 0 bridgehead atoms. The van der Waals surface area contributed by atoms with Crippen LogP contribution in [-0.4, -0.2) is 65.1 Å². The predicted octanol–water partition coefficient (Wildman–Crippen LogP) is 0.259. The Hall–Kier alpha value is -3.08. The van der Waals surface area contributed by atoms with Crippen LogP contribution in [0.4, 0.5) is 19.4 Å². The van der Waals surface area contributed by atoms with Crippen molar-refractivity contribution in [2.24, 2.45) is 16.5 Å². The van der Waals surface area contributed by atoms with Gasteiger partial charge < -0.3 is 25.8 Å². The van der Waals surface area contributed by atoms with Gasteiger partial charge in [-0.2, -0.15) is 0 Å². The van der Waals surface area contributed by atoms with Crippen molar-refractivity contribution in [3.63, 3.8) is 0 Å². The third kappa shape index (κ3) is 5.75. The standard InChI is InChI=1S/C18H16B3F2N5O3/c19-18(20,21)31-11-6-28(7-11)15-13(22)4-10(5-26-15)12-3-1-2-9(14(12)23)8-30-17(29)27-16(24)25/h1-5,11H,6-8H2,(H4,24,25,27,29). The van der Waals surface area contributed by atoms with Crippen LogP contribution in [0.2, 0.25) is 0 Å². The van der Waals surface area contributed by atoms with Crippen molar-refractivity contribution in [3.8, 4) is 11.1 Å². The molecule has 1 fully saturated rings. The number of anilines is 1. The van der Waals surface area contributed by atoms with Crippen LogP contribution in [0, 0.1) is 11.6 Å². The first-order chi connectivity index (χ1) is 14.5. The zero-order valence-corrected chi connectivity index (χ0v) is 16.3. The van der Waals surface area contributed by atoms with Gasteiger partial charge in [0.1, 0.15) is 12.4 Å². The van der Waals surface area contributed by atoms with E-state index in [4.69, 9.17) is 44.5 Å². The van der Waals surface area contributed by atoms with Gasteiger partial charge in [0.15, 0.2) is 17.6 Å². The van der Waals surface area contributed by atoms with E-state index in [0.717, 1.165) is 6.07 Å². The Morgan fingerprint density at radius 1 is 1.29 bits per heavy atom. The second-order valence-corrected chi connectivity index (χ2v) is 6.90. The smallest absolute Gasteiger partial charge is 0.437 e. The summed E-state index contributed by atoms with van der Waals surface area (Å²) in [5, 5.41) is -1.77. The van der Waals surface area contributed by atoms with E-state index in [1.807, 2.05) is 0 Å². The minimum atomic E-state index is -1.77. The van der Waals surface area contributed by atoms with Crippen LogP contribution >= 0.6 is 0 Å². The molecule has 1 aliphatic heterocycles. The van der Waals surface area contributed by atoms with Gasteiger partial charge in [-0.25, -0.2) is 18.6 Å². The summed E-state index contributed by atoms with van der Waals surface area (Å²) in [6.45, 7) is 0.173. The van der Waals surface area contributed by atoms with Gasteiger partial charge >= 0.3 is 6.09 Å². The molecule has 1 aromatic carbocycles. The lowest BCUT2D eigenvalue weighted by molar-refractivity contribution is 0.0273. The van der Waals surface area contributed by atoms with Crippen LogP contribution in [0.25, 0.3) is 11.1 Å². The van der Waals surface area contributed by atoms with Gasteiger partial charge in [0, 0.05) is 36.0 Å². The van der Waals surface area contributed by atoms with E-state index in [9.17, 15) is 13.6 Å². The second kappa shape index (κ2) is 8.97. The van der Waals surface area contributed by atoms with E-state index in [1.54, 1.807) is 4.90 Å². The third-order valence-corrected chi connectivity index (χ3v) is 4.30. The van der Waals surface area contributed by atoms with Gasteiger partial charge in [-0.05, 0) is 11.4 Å². The van der Waals surface area contributed by atoms with Crippen molar-refractivity contribution >= 4 is 41.4 Å². The molecule has 0 spiro atoms. The molecule has 6 radical (unpaired) electrons. The van der Waals surface area contributed by atoms with E-state index < -0.39 is 35.6 Å². The molecule has 31 heavy (non-hydrogen) atoms. The first-order valence-corrected chi connectivity index (χ1v) is 9.02. The number of rotatable bonds is 6. The molecule has 1 aliphatic rings. The summed E-state index contributed by atoms with van der Waals surface area (Å²) in [4.78, 5) is 20.3. The summed E-state index contributed by atoms with van der Waals surface area (Å²) in [5.74, 6) is -1.76. The molecule has 2 aromatic rings. The molecule has 1 saturated heterocycles. The van der Waals surface area contributed by atoms with Crippen molar-refractivity contribution in [1.29, 1.82) is 0 Å². The maximum absolute atomic E-state index is 14.9. The lowest BCUT2D eigenvalue weighted by Crippen LogP contribution is -2.57. The molecule has 0 aliphatic carbocycles. The van der Waals surface area contributed by atoms with E-state index >= 15 is 0 Å². The molecule has 8 nitrogen and oxygen atoms in total. The molecule has 0 saturated carbocycles. The number of carbonyl (C=O) groups excluding carboxylic acids is 1. The van der Waals surface area contributed by atoms with Crippen LogP contribution in [0.3, 0.4) is 0 Å². The monoisotopic (exact) mass is 421 g/mol. The fraction of sp³-hybridized carbons (Fsp3) is 0.278. The summed E-state index contributed by atoms with van der Waals surface area (Å²) >= 11 is 0. The maximum Gasteiger partial charge on any atom is 0.437 e. The number of hydrogen-bond acceptors (Lipinski definition) is 5. The van der Waals surface area contributed by atoms with Gasteiger partial charge in [0.05, 0.1) is 29.6 Å². The predicted molar refractivity (Wildman–Crippen MR) is 113 cm³/mol. The van der Waals surface area contributed by atoms with E-state index in [2.05, 4.69) is 9.98 Å². The number of amides is 1. The minimum Gasteiger partial charge on any atom is -0.443 e. The van der Waals surface area contributed by atoms with Crippen molar-refractivity contribution < 1.29 is 23.0 Å². The first kappa shape index (κ1) is 22.6.